The summed E-state index contributed by atoms with van der Waals surface area (Å²) in [5.74, 6) is 0.508. The van der Waals surface area contributed by atoms with Gasteiger partial charge in [-0.05, 0) is 31.4 Å². The summed E-state index contributed by atoms with van der Waals surface area (Å²) in [5.41, 5.74) is 0.486. The fourth-order valence-corrected chi connectivity index (χ4v) is 1.33. The summed E-state index contributed by atoms with van der Waals surface area (Å²) in [6.07, 6.45) is 26.0. The average Bonchev–Trinajstić information content (AvgIpc) is 2.44. The van der Waals surface area contributed by atoms with Crippen LogP contribution in [0.4, 0.5) is 0 Å². The molecule has 0 fully saturated rings. The Morgan fingerprint density at radius 2 is 1.65 bits per heavy atom. The molecule has 1 heteroatoms. The van der Waals surface area contributed by atoms with Gasteiger partial charge < -0.3 is 5.41 Å². The van der Waals surface area contributed by atoms with Crippen molar-refractivity contribution in [1.82, 2.24) is 0 Å². The Hall–Kier alpha value is -2.15. The third-order valence-corrected chi connectivity index (χ3v) is 2.41. The monoisotopic (exact) mass is 267 g/mol. The molecule has 0 aliphatic heterocycles. The maximum absolute atomic E-state index is 7.70. The SMILES string of the molecule is C=C/C=C\C(C)C/C=C\C=C/C(=N)\C=C/C=C\C=C/C. The highest BCUT2D eigenvalue weighted by molar-refractivity contribution is 6.01. The van der Waals surface area contributed by atoms with Gasteiger partial charge in [0.05, 0.1) is 5.71 Å². The van der Waals surface area contributed by atoms with Crippen molar-refractivity contribution < 1.29 is 0 Å². The number of rotatable bonds is 9. The summed E-state index contributed by atoms with van der Waals surface area (Å²) >= 11 is 0. The zero-order chi connectivity index (χ0) is 15.1. The van der Waals surface area contributed by atoms with Crippen LogP contribution in [0.1, 0.15) is 20.3 Å². The summed E-state index contributed by atoms with van der Waals surface area (Å²) in [7, 11) is 0. The van der Waals surface area contributed by atoms with E-state index in [4.69, 9.17) is 5.41 Å². The van der Waals surface area contributed by atoms with Gasteiger partial charge in [0.15, 0.2) is 0 Å². The van der Waals surface area contributed by atoms with E-state index >= 15 is 0 Å². The Morgan fingerprint density at radius 1 is 1.00 bits per heavy atom. The van der Waals surface area contributed by atoms with Crippen LogP contribution in [0.25, 0.3) is 0 Å². The first-order chi connectivity index (χ1) is 9.70. The largest absolute Gasteiger partial charge is 0.301 e. The van der Waals surface area contributed by atoms with Gasteiger partial charge in [0.2, 0.25) is 0 Å². The van der Waals surface area contributed by atoms with E-state index in [1.165, 1.54) is 0 Å². The molecule has 0 aromatic heterocycles. The second-order valence-electron chi connectivity index (χ2n) is 4.35. The second kappa shape index (κ2) is 13.3. The van der Waals surface area contributed by atoms with Gasteiger partial charge in [-0.1, -0.05) is 80.3 Å². The summed E-state index contributed by atoms with van der Waals surface area (Å²) in [4.78, 5) is 0. The molecular weight excluding hydrogens is 242 g/mol. The van der Waals surface area contributed by atoms with Gasteiger partial charge in [-0.2, -0.15) is 0 Å². The minimum atomic E-state index is 0.486. The molecule has 1 atom stereocenters. The first kappa shape index (κ1) is 17.8. The molecule has 0 bridgehead atoms. The molecular formula is C19H25N. The quantitative estimate of drug-likeness (QED) is 0.417. The lowest BCUT2D eigenvalue weighted by molar-refractivity contribution is 0.744. The maximum Gasteiger partial charge on any atom is 0.0539 e. The van der Waals surface area contributed by atoms with Gasteiger partial charge in [0.25, 0.3) is 0 Å². The molecule has 0 saturated carbocycles. The Balaban J connectivity index is 4.02. The van der Waals surface area contributed by atoms with E-state index in [0.29, 0.717) is 11.6 Å². The molecule has 0 spiro atoms. The fourth-order valence-electron chi connectivity index (χ4n) is 1.33. The van der Waals surface area contributed by atoms with Crippen molar-refractivity contribution in [2.45, 2.75) is 20.3 Å². The van der Waals surface area contributed by atoms with Crippen molar-refractivity contribution in [3.05, 3.63) is 85.6 Å². The van der Waals surface area contributed by atoms with Crippen LogP contribution >= 0.6 is 0 Å². The molecule has 0 aromatic rings. The minimum Gasteiger partial charge on any atom is -0.301 e. The Kier molecular flexibility index (Phi) is 11.9. The van der Waals surface area contributed by atoms with Crippen LogP contribution in [-0.4, -0.2) is 5.71 Å². The van der Waals surface area contributed by atoms with Gasteiger partial charge in [-0.3, -0.25) is 0 Å². The lowest BCUT2D eigenvalue weighted by atomic mass is 10.1. The molecule has 0 aromatic carbocycles. The smallest absolute Gasteiger partial charge is 0.0539 e. The number of hydrogen-bond donors (Lipinski definition) is 1. The first-order valence-corrected chi connectivity index (χ1v) is 6.87. The molecule has 0 saturated heterocycles. The third kappa shape index (κ3) is 12.3. The van der Waals surface area contributed by atoms with Crippen LogP contribution in [0.3, 0.4) is 0 Å². The van der Waals surface area contributed by atoms with E-state index in [-0.39, 0.29) is 0 Å². The Bertz CT molecular complexity index is 442. The number of hydrogen-bond acceptors (Lipinski definition) is 1. The van der Waals surface area contributed by atoms with Crippen LogP contribution in [-0.2, 0) is 0 Å². The maximum atomic E-state index is 7.70. The summed E-state index contributed by atoms with van der Waals surface area (Å²) in [6, 6.07) is 0. The summed E-state index contributed by atoms with van der Waals surface area (Å²) < 4.78 is 0. The number of allylic oxidation sites excluding steroid dienone is 13. The number of nitrogens with one attached hydrogen (secondary N) is 1. The van der Waals surface area contributed by atoms with Crippen LogP contribution in [0, 0.1) is 11.3 Å². The highest BCUT2D eigenvalue weighted by Crippen LogP contribution is 2.04. The predicted molar refractivity (Wildman–Crippen MR) is 92.2 cm³/mol. The first-order valence-electron chi connectivity index (χ1n) is 6.87. The van der Waals surface area contributed by atoms with Gasteiger partial charge in [-0.25, -0.2) is 0 Å². The molecule has 20 heavy (non-hydrogen) atoms. The van der Waals surface area contributed by atoms with Crippen LogP contribution in [0.15, 0.2) is 85.6 Å². The van der Waals surface area contributed by atoms with Gasteiger partial charge in [-0.15, -0.1) is 0 Å². The van der Waals surface area contributed by atoms with E-state index in [2.05, 4.69) is 25.7 Å². The lowest BCUT2D eigenvalue weighted by Gasteiger charge is -1.98. The molecule has 0 radical (unpaired) electrons. The lowest BCUT2D eigenvalue weighted by Crippen LogP contribution is -1.85. The zero-order valence-electron chi connectivity index (χ0n) is 12.5. The van der Waals surface area contributed by atoms with Crippen LogP contribution in [0.5, 0.6) is 0 Å². The molecule has 1 nitrogen and oxygen atoms in total. The molecule has 106 valence electrons. The Morgan fingerprint density at radius 3 is 2.30 bits per heavy atom. The molecule has 0 rings (SSSR count). The van der Waals surface area contributed by atoms with E-state index in [1.807, 2.05) is 55.5 Å². The van der Waals surface area contributed by atoms with Crippen LogP contribution in [0.2, 0.25) is 0 Å². The highest BCUT2D eigenvalue weighted by Gasteiger charge is 1.90. The fraction of sp³-hybridized carbons (Fsp3) is 0.211. The standard InChI is InChI=1S/C19H25N/c1-4-6-8-9-12-16-19(20)17-13-10-11-15-18(3)14-7-5-2/h4-14,16-18,20H,2,15H2,1,3H3/b6-4-,9-8-,11-10-,14-7-,16-12-,17-13-,20-19?. The Labute approximate surface area is 123 Å². The van der Waals surface area contributed by atoms with Crippen LogP contribution < -0.4 is 0 Å². The van der Waals surface area contributed by atoms with E-state index in [9.17, 15) is 0 Å². The molecule has 0 amide bonds. The van der Waals surface area contributed by atoms with Gasteiger partial charge in [0.1, 0.15) is 0 Å². The molecule has 0 heterocycles. The van der Waals surface area contributed by atoms with Crippen molar-refractivity contribution >= 4 is 5.71 Å². The van der Waals surface area contributed by atoms with Crippen molar-refractivity contribution in [2.75, 3.05) is 0 Å². The highest BCUT2D eigenvalue weighted by atomic mass is 14.4. The van der Waals surface area contributed by atoms with E-state index < -0.39 is 0 Å². The second-order valence-corrected chi connectivity index (χ2v) is 4.35. The van der Waals surface area contributed by atoms with Crippen molar-refractivity contribution in [3.8, 4) is 0 Å². The minimum absolute atomic E-state index is 0.486. The zero-order valence-corrected chi connectivity index (χ0v) is 12.5. The normalized spacial score (nSPS) is 14.7. The molecule has 1 N–H and O–H groups in total. The molecule has 0 aliphatic rings. The van der Waals surface area contributed by atoms with Gasteiger partial charge in [0, 0.05) is 0 Å². The van der Waals surface area contributed by atoms with Crippen molar-refractivity contribution in [2.24, 2.45) is 5.92 Å². The summed E-state index contributed by atoms with van der Waals surface area (Å²) in [5, 5.41) is 7.70. The van der Waals surface area contributed by atoms with Crippen molar-refractivity contribution in [1.29, 1.82) is 5.41 Å². The third-order valence-electron chi connectivity index (χ3n) is 2.41. The average molecular weight is 267 g/mol. The molecule has 1 unspecified atom stereocenters. The topological polar surface area (TPSA) is 23.9 Å². The molecule has 0 aliphatic carbocycles. The van der Waals surface area contributed by atoms with E-state index in [1.54, 1.807) is 18.2 Å². The van der Waals surface area contributed by atoms with E-state index in [0.717, 1.165) is 6.42 Å². The van der Waals surface area contributed by atoms with Gasteiger partial charge >= 0.3 is 0 Å². The van der Waals surface area contributed by atoms with Crippen molar-refractivity contribution in [3.63, 3.8) is 0 Å². The predicted octanol–water partition coefficient (Wildman–Crippen LogP) is 5.58. The summed E-state index contributed by atoms with van der Waals surface area (Å²) in [6.45, 7) is 7.78.